The first-order chi connectivity index (χ1) is 7.83. The van der Waals surface area contributed by atoms with E-state index < -0.39 is 0 Å². The van der Waals surface area contributed by atoms with E-state index in [2.05, 4.69) is 56.8 Å². The highest BCUT2D eigenvalue weighted by Crippen LogP contribution is 2.26. The minimum atomic E-state index is 0.844. The van der Waals surface area contributed by atoms with Crippen molar-refractivity contribution in [3.8, 4) is 0 Å². The molecule has 0 aliphatic carbocycles. The molecule has 1 aliphatic heterocycles. The highest BCUT2D eigenvalue weighted by molar-refractivity contribution is 14.1. The van der Waals surface area contributed by atoms with E-state index in [1.807, 2.05) is 18.3 Å². The van der Waals surface area contributed by atoms with Crippen LogP contribution in [-0.4, -0.2) is 10.7 Å². The van der Waals surface area contributed by atoms with Gasteiger partial charge in [-0.2, -0.15) is 0 Å². The largest absolute Gasteiger partial charge is 0.259 e. The van der Waals surface area contributed by atoms with Crippen molar-refractivity contribution in [1.29, 1.82) is 0 Å². The van der Waals surface area contributed by atoms with Gasteiger partial charge in [-0.25, -0.2) is 0 Å². The van der Waals surface area contributed by atoms with Crippen LogP contribution in [0.2, 0.25) is 0 Å². The van der Waals surface area contributed by atoms with Gasteiger partial charge < -0.3 is 0 Å². The van der Waals surface area contributed by atoms with Crippen LogP contribution >= 0.6 is 22.6 Å². The second-order valence-electron chi connectivity index (χ2n) is 3.71. The summed E-state index contributed by atoms with van der Waals surface area (Å²) in [6.45, 7) is 0. The van der Waals surface area contributed by atoms with E-state index in [1.165, 1.54) is 9.13 Å². The van der Waals surface area contributed by atoms with Gasteiger partial charge in [-0.3, -0.25) is 9.98 Å². The van der Waals surface area contributed by atoms with Crippen LogP contribution in [-0.2, 0) is 6.42 Å². The molecule has 0 spiro atoms. The summed E-state index contributed by atoms with van der Waals surface area (Å²) in [5.74, 6) is 0. The molecule has 0 fully saturated rings. The van der Waals surface area contributed by atoms with Gasteiger partial charge in [-0.1, -0.05) is 12.1 Å². The average Bonchev–Trinajstić information content (AvgIpc) is 2.73. The third-order valence-corrected chi connectivity index (χ3v) is 3.35. The molecule has 0 N–H and O–H groups in total. The van der Waals surface area contributed by atoms with Gasteiger partial charge in [0.05, 0.1) is 17.1 Å². The average molecular weight is 320 g/mol. The molecular formula is C13H9IN2. The minimum Gasteiger partial charge on any atom is -0.259 e. The zero-order valence-corrected chi connectivity index (χ0v) is 10.7. The second kappa shape index (κ2) is 3.97. The van der Waals surface area contributed by atoms with Crippen molar-refractivity contribution >= 4 is 34.0 Å². The van der Waals surface area contributed by atoms with Crippen molar-refractivity contribution in [3.63, 3.8) is 0 Å². The molecule has 0 saturated carbocycles. The molecule has 0 atom stereocenters. The van der Waals surface area contributed by atoms with Crippen LogP contribution in [0.1, 0.15) is 11.3 Å². The van der Waals surface area contributed by atoms with Crippen LogP contribution in [0.5, 0.6) is 0 Å². The summed E-state index contributed by atoms with van der Waals surface area (Å²) in [6.07, 6.45) is 2.67. The molecule has 0 bridgehead atoms. The molecule has 1 aliphatic rings. The normalized spacial score (nSPS) is 13.4. The number of benzene rings is 1. The molecule has 0 unspecified atom stereocenters. The predicted octanol–water partition coefficient (Wildman–Crippen LogP) is 3.36. The summed E-state index contributed by atoms with van der Waals surface area (Å²) in [4.78, 5) is 8.94. The van der Waals surface area contributed by atoms with Gasteiger partial charge in [-0.05, 0) is 52.4 Å². The van der Waals surface area contributed by atoms with E-state index in [4.69, 9.17) is 0 Å². The fraction of sp³-hybridized carbons (Fsp3) is 0.0769. The standard InChI is InChI=1S/C13H9IN2/c14-10-5-3-9(4-6-10)12-8-13-11(16-12)2-1-7-15-13/h1-7H,8H2. The second-order valence-corrected chi connectivity index (χ2v) is 4.96. The van der Waals surface area contributed by atoms with E-state index in [0.29, 0.717) is 0 Å². The number of nitrogens with zero attached hydrogens (tertiary/aromatic N) is 2. The van der Waals surface area contributed by atoms with Gasteiger partial charge in [0.25, 0.3) is 0 Å². The number of aliphatic imine (C=N–C) groups is 1. The topological polar surface area (TPSA) is 25.2 Å². The van der Waals surface area contributed by atoms with Crippen molar-refractivity contribution in [2.75, 3.05) is 0 Å². The van der Waals surface area contributed by atoms with Crippen molar-refractivity contribution in [1.82, 2.24) is 4.98 Å². The minimum absolute atomic E-state index is 0.844. The fourth-order valence-corrected chi connectivity index (χ4v) is 2.18. The Hall–Kier alpha value is -1.23. The van der Waals surface area contributed by atoms with Crippen molar-refractivity contribution in [2.45, 2.75) is 6.42 Å². The number of pyridine rings is 1. The Morgan fingerprint density at radius 3 is 2.62 bits per heavy atom. The first-order valence-electron chi connectivity index (χ1n) is 5.10. The predicted molar refractivity (Wildman–Crippen MR) is 73.3 cm³/mol. The molecule has 0 amide bonds. The SMILES string of the molecule is Ic1ccc(C2=Nc3cccnc3C2)cc1. The lowest BCUT2D eigenvalue weighted by Gasteiger charge is -1.99. The Bertz CT molecular complexity index is 558. The summed E-state index contributed by atoms with van der Waals surface area (Å²) in [6, 6.07) is 12.4. The summed E-state index contributed by atoms with van der Waals surface area (Å²) in [7, 11) is 0. The Labute approximate surface area is 108 Å². The lowest BCUT2D eigenvalue weighted by Crippen LogP contribution is -2.00. The highest BCUT2D eigenvalue weighted by Gasteiger charge is 2.16. The van der Waals surface area contributed by atoms with Gasteiger partial charge in [0.2, 0.25) is 0 Å². The fourth-order valence-electron chi connectivity index (χ4n) is 1.82. The molecular weight excluding hydrogens is 311 g/mol. The maximum absolute atomic E-state index is 4.60. The molecule has 0 saturated heterocycles. The number of hydrogen-bond acceptors (Lipinski definition) is 2. The van der Waals surface area contributed by atoms with Crippen molar-refractivity contribution in [3.05, 3.63) is 57.4 Å². The van der Waals surface area contributed by atoms with Gasteiger partial charge >= 0.3 is 0 Å². The molecule has 2 heterocycles. The molecule has 0 radical (unpaired) electrons. The number of halogens is 1. The zero-order chi connectivity index (χ0) is 11.0. The molecule has 1 aromatic carbocycles. The first-order valence-corrected chi connectivity index (χ1v) is 6.18. The Morgan fingerprint density at radius 1 is 1.06 bits per heavy atom. The van der Waals surface area contributed by atoms with Crippen LogP contribution in [0, 0.1) is 3.57 Å². The molecule has 3 heteroatoms. The monoisotopic (exact) mass is 320 g/mol. The Morgan fingerprint density at radius 2 is 1.88 bits per heavy atom. The number of hydrogen-bond donors (Lipinski definition) is 0. The molecule has 16 heavy (non-hydrogen) atoms. The molecule has 2 nitrogen and oxygen atoms in total. The van der Waals surface area contributed by atoms with E-state index in [1.54, 1.807) is 0 Å². The number of aromatic nitrogens is 1. The van der Waals surface area contributed by atoms with E-state index >= 15 is 0 Å². The molecule has 1 aromatic heterocycles. The molecule has 2 aromatic rings. The van der Waals surface area contributed by atoms with Crippen LogP contribution in [0.25, 0.3) is 0 Å². The van der Waals surface area contributed by atoms with Gasteiger partial charge in [0.15, 0.2) is 0 Å². The highest BCUT2D eigenvalue weighted by atomic mass is 127. The quantitative estimate of drug-likeness (QED) is 0.740. The van der Waals surface area contributed by atoms with E-state index in [0.717, 1.165) is 23.5 Å². The molecule has 78 valence electrons. The Balaban J connectivity index is 1.98. The van der Waals surface area contributed by atoms with Crippen molar-refractivity contribution < 1.29 is 0 Å². The van der Waals surface area contributed by atoms with Gasteiger partial charge in [-0.15, -0.1) is 0 Å². The molecule has 3 rings (SSSR count). The van der Waals surface area contributed by atoms with Gasteiger partial charge in [0, 0.05) is 16.2 Å². The summed E-state index contributed by atoms with van der Waals surface area (Å²) in [5, 5.41) is 0. The summed E-state index contributed by atoms with van der Waals surface area (Å²) >= 11 is 2.31. The van der Waals surface area contributed by atoms with E-state index in [9.17, 15) is 0 Å². The zero-order valence-electron chi connectivity index (χ0n) is 8.52. The van der Waals surface area contributed by atoms with Crippen LogP contribution in [0.4, 0.5) is 5.69 Å². The third-order valence-electron chi connectivity index (χ3n) is 2.63. The summed E-state index contributed by atoms with van der Waals surface area (Å²) < 4.78 is 1.25. The van der Waals surface area contributed by atoms with Crippen LogP contribution in [0.3, 0.4) is 0 Å². The van der Waals surface area contributed by atoms with Crippen LogP contribution in [0.15, 0.2) is 47.6 Å². The van der Waals surface area contributed by atoms with E-state index in [-0.39, 0.29) is 0 Å². The summed E-state index contributed by atoms with van der Waals surface area (Å²) in [5.41, 5.74) is 4.40. The maximum atomic E-state index is 4.60. The third kappa shape index (κ3) is 1.75. The van der Waals surface area contributed by atoms with Crippen LogP contribution < -0.4 is 0 Å². The maximum Gasteiger partial charge on any atom is 0.0852 e. The van der Waals surface area contributed by atoms with Crippen molar-refractivity contribution in [2.24, 2.45) is 4.99 Å². The Kier molecular flexibility index (Phi) is 2.47. The lowest BCUT2D eigenvalue weighted by molar-refractivity contribution is 1.17. The number of fused-ring (bicyclic) bond motifs is 1. The first kappa shape index (κ1) is 9.96. The van der Waals surface area contributed by atoms with Gasteiger partial charge in [0.1, 0.15) is 0 Å². The number of rotatable bonds is 1. The lowest BCUT2D eigenvalue weighted by atomic mass is 10.1. The smallest absolute Gasteiger partial charge is 0.0852 e.